The van der Waals surface area contributed by atoms with Crippen LogP contribution in [0, 0.1) is 0 Å². The van der Waals surface area contributed by atoms with Crippen molar-refractivity contribution in [2.24, 2.45) is 0 Å². The molecule has 0 aliphatic heterocycles. The monoisotopic (exact) mass is 247 g/mol. The summed E-state index contributed by atoms with van der Waals surface area (Å²) in [6.45, 7) is 0. The van der Waals surface area contributed by atoms with E-state index < -0.39 is 0 Å². The van der Waals surface area contributed by atoms with Crippen molar-refractivity contribution in [2.45, 2.75) is 37.5 Å². The van der Waals surface area contributed by atoms with E-state index in [4.69, 9.17) is 10.3 Å². The molecule has 2 heterocycles. The molecule has 88 valence electrons. The van der Waals surface area contributed by atoms with Gasteiger partial charge in [0, 0.05) is 5.92 Å². The van der Waals surface area contributed by atoms with E-state index in [0.717, 1.165) is 16.4 Å². The molecule has 0 aromatic carbocycles. The van der Waals surface area contributed by atoms with Crippen molar-refractivity contribution in [1.82, 2.24) is 10.1 Å². The molecule has 2 aromatic heterocycles. The summed E-state index contributed by atoms with van der Waals surface area (Å²) in [5.74, 6) is 2.66. The first-order chi connectivity index (χ1) is 8.33. The van der Waals surface area contributed by atoms with Crippen molar-refractivity contribution in [2.75, 3.05) is 5.73 Å². The molecule has 2 fully saturated rings. The topological polar surface area (TPSA) is 64.9 Å². The lowest BCUT2D eigenvalue weighted by molar-refractivity contribution is 0.422. The Morgan fingerprint density at radius 3 is 2.71 bits per heavy atom. The van der Waals surface area contributed by atoms with Gasteiger partial charge in [-0.15, -0.1) is 11.3 Å². The highest BCUT2D eigenvalue weighted by Gasteiger charge is 2.33. The molecule has 0 bridgehead atoms. The fourth-order valence-electron chi connectivity index (χ4n) is 2.15. The summed E-state index contributed by atoms with van der Waals surface area (Å²) in [4.78, 5) is 4.50. The molecule has 17 heavy (non-hydrogen) atoms. The average molecular weight is 247 g/mol. The van der Waals surface area contributed by atoms with Gasteiger partial charge in [-0.3, -0.25) is 0 Å². The zero-order valence-electron chi connectivity index (χ0n) is 9.35. The van der Waals surface area contributed by atoms with E-state index in [1.165, 1.54) is 31.2 Å². The number of rotatable bonds is 3. The smallest absolute Gasteiger partial charge is 0.261 e. The molecule has 0 amide bonds. The molecular formula is C12H13N3OS. The first kappa shape index (κ1) is 9.65. The average Bonchev–Trinajstić information content (AvgIpc) is 3.24. The Morgan fingerprint density at radius 1 is 1.24 bits per heavy atom. The third-order valence-corrected chi connectivity index (χ3v) is 4.29. The normalized spacial score (nSPS) is 19.8. The van der Waals surface area contributed by atoms with Crippen molar-refractivity contribution < 1.29 is 4.52 Å². The number of anilines is 1. The Hall–Kier alpha value is -1.36. The summed E-state index contributed by atoms with van der Waals surface area (Å²) in [7, 11) is 0. The molecule has 5 heteroatoms. The van der Waals surface area contributed by atoms with Gasteiger partial charge in [-0.25, -0.2) is 0 Å². The van der Waals surface area contributed by atoms with Crippen LogP contribution in [0.2, 0.25) is 0 Å². The molecule has 2 aliphatic carbocycles. The molecule has 0 atom stereocenters. The van der Waals surface area contributed by atoms with E-state index in [0.29, 0.717) is 17.7 Å². The third-order valence-electron chi connectivity index (χ3n) is 3.46. The maximum absolute atomic E-state index is 6.03. The Bertz CT molecular complexity index is 566. The molecule has 2 aromatic rings. The fraction of sp³-hybridized carbons (Fsp3) is 0.500. The number of nitrogen functional groups attached to an aromatic ring is 1. The van der Waals surface area contributed by atoms with Gasteiger partial charge in [0.15, 0.2) is 5.82 Å². The summed E-state index contributed by atoms with van der Waals surface area (Å²) < 4.78 is 5.38. The molecular weight excluding hydrogens is 234 g/mol. The summed E-state index contributed by atoms with van der Waals surface area (Å²) in [5, 5.41) is 7.00. The van der Waals surface area contributed by atoms with Gasteiger partial charge in [0.25, 0.3) is 5.89 Å². The lowest BCUT2D eigenvalue weighted by atomic mass is 10.1. The van der Waals surface area contributed by atoms with E-state index in [1.54, 1.807) is 11.3 Å². The summed E-state index contributed by atoms with van der Waals surface area (Å²) in [5.41, 5.74) is 8.33. The molecule has 2 N–H and O–H groups in total. The Labute approximate surface area is 103 Å². The second kappa shape index (κ2) is 3.32. The number of aromatic nitrogens is 2. The van der Waals surface area contributed by atoms with Crippen molar-refractivity contribution in [1.29, 1.82) is 0 Å². The number of hydrogen-bond acceptors (Lipinski definition) is 5. The molecule has 0 spiro atoms. The SMILES string of the molecule is Nc1scc(C2CC2)c1-c1nc(C2CC2)no1. The highest BCUT2D eigenvalue weighted by Crippen LogP contribution is 2.49. The van der Waals surface area contributed by atoms with Gasteiger partial charge < -0.3 is 10.3 Å². The van der Waals surface area contributed by atoms with Gasteiger partial charge in [-0.2, -0.15) is 4.98 Å². The van der Waals surface area contributed by atoms with Gasteiger partial charge in [-0.1, -0.05) is 5.16 Å². The first-order valence-corrected chi connectivity index (χ1v) is 6.91. The van der Waals surface area contributed by atoms with E-state index in [-0.39, 0.29) is 0 Å². The van der Waals surface area contributed by atoms with E-state index >= 15 is 0 Å². The standard InChI is InChI=1S/C12H13N3OS/c13-10-9(8(5-17-10)6-1-2-6)12-14-11(15-16-12)7-3-4-7/h5-7H,1-4,13H2. The van der Waals surface area contributed by atoms with Gasteiger partial charge in [0.2, 0.25) is 0 Å². The highest BCUT2D eigenvalue weighted by atomic mass is 32.1. The molecule has 2 aliphatic rings. The second-order valence-corrected chi connectivity index (χ2v) is 5.85. The molecule has 0 radical (unpaired) electrons. The van der Waals surface area contributed by atoms with Crippen LogP contribution in [-0.2, 0) is 0 Å². The molecule has 4 nitrogen and oxygen atoms in total. The highest BCUT2D eigenvalue weighted by molar-refractivity contribution is 7.14. The summed E-state index contributed by atoms with van der Waals surface area (Å²) >= 11 is 1.58. The minimum Gasteiger partial charge on any atom is -0.390 e. The minimum atomic E-state index is 0.525. The van der Waals surface area contributed by atoms with Gasteiger partial charge >= 0.3 is 0 Å². The maximum atomic E-state index is 6.03. The largest absolute Gasteiger partial charge is 0.390 e. The molecule has 0 saturated heterocycles. The number of hydrogen-bond donors (Lipinski definition) is 1. The van der Waals surface area contributed by atoms with E-state index in [9.17, 15) is 0 Å². The minimum absolute atomic E-state index is 0.525. The van der Waals surface area contributed by atoms with Crippen LogP contribution in [0.1, 0.15) is 48.9 Å². The predicted molar refractivity (Wildman–Crippen MR) is 66.0 cm³/mol. The van der Waals surface area contributed by atoms with Crippen LogP contribution in [0.4, 0.5) is 5.00 Å². The molecule has 2 saturated carbocycles. The van der Waals surface area contributed by atoms with Crippen LogP contribution < -0.4 is 5.73 Å². The lowest BCUT2D eigenvalue weighted by Crippen LogP contribution is -1.89. The number of thiophene rings is 1. The molecule has 4 rings (SSSR count). The van der Waals surface area contributed by atoms with Crippen LogP contribution in [0.15, 0.2) is 9.90 Å². The van der Waals surface area contributed by atoms with Crippen LogP contribution in [0.5, 0.6) is 0 Å². The lowest BCUT2D eigenvalue weighted by Gasteiger charge is -1.97. The third kappa shape index (κ3) is 1.57. The van der Waals surface area contributed by atoms with Crippen LogP contribution in [0.25, 0.3) is 11.5 Å². The van der Waals surface area contributed by atoms with Crippen molar-refractivity contribution in [3.63, 3.8) is 0 Å². The van der Waals surface area contributed by atoms with Crippen molar-refractivity contribution >= 4 is 16.3 Å². The zero-order chi connectivity index (χ0) is 11.4. The van der Waals surface area contributed by atoms with Crippen LogP contribution in [-0.4, -0.2) is 10.1 Å². The fourth-order valence-corrected chi connectivity index (χ4v) is 3.04. The summed E-state index contributed by atoms with van der Waals surface area (Å²) in [6, 6.07) is 0. The zero-order valence-corrected chi connectivity index (χ0v) is 10.2. The van der Waals surface area contributed by atoms with Gasteiger partial charge in [0.1, 0.15) is 0 Å². The van der Waals surface area contributed by atoms with E-state index in [2.05, 4.69) is 15.5 Å². The Kier molecular flexibility index (Phi) is 1.88. The Balaban J connectivity index is 1.78. The quantitative estimate of drug-likeness (QED) is 0.905. The maximum Gasteiger partial charge on any atom is 0.261 e. The van der Waals surface area contributed by atoms with E-state index in [1.807, 2.05) is 0 Å². The van der Waals surface area contributed by atoms with Gasteiger partial charge in [0.05, 0.1) is 10.6 Å². The van der Waals surface area contributed by atoms with Crippen LogP contribution >= 0.6 is 11.3 Å². The number of nitrogens with two attached hydrogens (primary N) is 1. The second-order valence-electron chi connectivity index (χ2n) is 4.94. The van der Waals surface area contributed by atoms with Crippen LogP contribution in [0.3, 0.4) is 0 Å². The Morgan fingerprint density at radius 2 is 2.00 bits per heavy atom. The predicted octanol–water partition coefficient (Wildman–Crippen LogP) is 3.14. The molecule has 0 unspecified atom stereocenters. The van der Waals surface area contributed by atoms with Gasteiger partial charge in [-0.05, 0) is 42.5 Å². The summed E-state index contributed by atoms with van der Waals surface area (Å²) in [6.07, 6.45) is 4.89. The first-order valence-electron chi connectivity index (χ1n) is 6.04. The number of nitrogens with zero attached hydrogens (tertiary/aromatic N) is 2. The van der Waals surface area contributed by atoms with Crippen molar-refractivity contribution in [3.8, 4) is 11.5 Å². The van der Waals surface area contributed by atoms with Crippen molar-refractivity contribution in [3.05, 3.63) is 16.8 Å².